The van der Waals surface area contributed by atoms with Crippen molar-refractivity contribution in [2.45, 2.75) is 65.1 Å². The van der Waals surface area contributed by atoms with E-state index in [1.165, 1.54) is 17.5 Å². The number of hydrogen-bond donors (Lipinski definition) is 3. The number of benzene rings is 2. The standard InChI is InChI=1S/C28H34N6O.2ClH/c1-17(2)15-30-28(35)27-31-22-13-12-18(3)14-21(22)26(34-27)33-24-11-7-6-10-23(24)32-25-20-9-5-4-8-19(20)16-29-25;;/h4-5,8-9,12-14,17,23-24H,6-7,10-11,15-16H2,1-3H3,(H,29,32)(H,30,35)(H,31,33,34);2*1H/t23-,24+;;/m1../s1. The maximum atomic E-state index is 12.8. The molecule has 0 bridgehead atoms. The van der Waals surface area contributed by atoms with Gasteiger partial charge in [0.05, 0.1) is 12.1 Å². The number of anilines is 1. The monoisotopic (exact) mass is 542 g/mol. The minimum Gasteiger partial charge on any atom is -0.365 e. The summed E-state index contributed by atoms with van der Waals surface area (Å²) in [6.07, 6.45) is 4.42. The fraction of sp³-hybridized carbons (Fsp3) is 0.429. The molecule has 37 heavy (non-hydrogen) atoms. The zero-order valence-corrected chi connectivity index (χ0v) is 23.2. The first-order valence-corrected chi connectivity index (χ1v) is 12.7. The molecule has 1 fully saturated rings. The number of carbonyl (C=O) groups excluding carboxylic acids is 1. The minimum absolute atomic E-state index is 0. The van der Waals surface area contributed by atoms with Crippen LogP contribution in [0.2, 0.25) is 0 Å². The number of nitrogens with zero attached hydrogens (tertiary/aromatic N) is 3. The van der Waals surface area contributed by atoms with Crippen molar-refractivity contribution in [3.63, 3.8) is 0 Å². The number of hydrogen-bond acceptors (Lipinski definition) is 6. The average Bonchev–Trinajstić information content (AvgIpc) is 3.26. The Hall–Kier alpha value is -2.90. The van der Waals surface area contributed by atoms with Gasteiger partial charge in [-0.2, -0.15) is 0 Å². The molecule has 1 saturated carbocycles. The molecule has 2 aromatic carbocycles. The molecule has 0 saturated heterocycles. The van der Waals surface area contributed by atoms with E-state index in [9.17, 15) is 4.79 Å². The maximum Gasteiger partial charge on any atom is 0.289 e. The van der Waals surface area contributed by atoms with Crippen molar-refractivity contribution in [1.29, 1.82) is 0 Å². The Kier molecular flexibility index (Phi) is 9.74. The highest BCUT2D eigenvalue weighted by molar-refractivity contribution is 6.02. The third kappa shape index (κ3) is 6.51. The number of fused-ring (bicyclic) bond motifs is 2. The second kappa shape index (κ2) is 12.6. The van der Waals surface area contributed by atoms with Gasteiger partial charge in [0.2, 0.25) is 5.82 Å². The molecule has 3 aromatic rings. The largest absolute Gasteiger partial charge is 0.365 e. The lowest BCUT2D eigenvalue weighted by atomic mass is 9.89. The molecule has 2 heterocycles. The van der Waals surface area contributed by atoms with E-state index in [0.717, 1.165) is 53.9 Å². The number of aromatic nitrogens is 2. The summed E-state index contributed by atoms with van der Waals surface area (Å²) in [5.41, 5.74) is 4.38. The SMILES string of the molecule is Cc1ccc2nc(C(=O)NCC(C)C)nc(N[C@H]3CCCC[C@H]3NC3=NCc4ccccc43)c2c1.Cl.Cl. The van der Waals surface area contributed by atoms with Gasteiger partial charge in [0.15, 0.2) is 0 Å². The van der Waals surface area contributed by atoms with Crippen LogP contribution in [0.15, 0.2) is 47.5 Å². The topological polar surface area (TPSA) is 91.3 Å². The van der Waals surface area contributed by atoms with Crippen molar-refractivity contribution >= 4 is 53.3 Å². The van der Waals surface area contributed by atoms with E-state index >= 15 is 0 Å². The van der Waals surface area contributed by atoms with Crippen molar-refractivity contribution in [2.75, 3.05) is 11.9 Å². The van der Waals surface area contributed by atoms with Crippen molar-refractivity contribution < 1.29 is 4.79 Å². The lowest BCUT2D eigenvalue weighted by Crippen LogP contribution is -2.48. The lowest BCUT2D eigenvalue weighted by molar-refractivity contribution is 0.0939. The van der Waals surface area contributed by atoms with E-state index in [1.807, 2.05) is 12.1 Å². The van der Waals surface area contributed by atoms with Gasteiger partial charge < -0.3 is 16.0 Å². The normalized spacial score (nSPS) is 18.3. The van der Waals surface area contributed by atoms with Crippen LogP contribution in [0.25, 0.3) is 10.9 Å². The third-order valence-electron chi connectivity index (χ3n) is 6.82. The molecule has 1 aromatic heterocycles. The zero-order chi connectivity index (χ0) is 24.4. The molecule has 7 nitrogen and oxygen atoms in total. The second-order valence-corrected chi connectivity index (χ2v) is 10.1. The smallest absolute Gasteiger partial charge is 0.289 e. The number of halogens is 2. The minimum atomic E-state index is -0.237. The summed E-state index contributed by atoms with van der Waals surface area (Å²) in [6, 6.07) is 14.9. The Morgan fingerprint density at radius 3 is 2.49 bits per heavy atom. The molecule has 2 atom stereocenters. The summed E-state index contributed by atoms with van der Waals surface area (Å²) < 4.78 is 0. The Morgan fingerprint density at radius 2 is 1.73 bits per heavy atom. The van der Waals surface area contributed by atoms with E-state index in [-0.39, 0.29) is 48.6 Å². The fourth-order valence-corrected chi connectivity index (χ4v) is 4.92. The van der Waals surface area contributed by atoms with Crippen molar-refractivity contribution in [1.82, 2.24) is 20.6 Å². The van der Waals surface area contributed by atoms with Gasteiger partial charge in [-0.05, 0) is 43.4 Å². The van der Waals surface area contributed by atoms with Crippen LogP contribution < -0.4 is 16.0 Å². The highest BCUT2D eigenvalue weighted by atomic mass is 35.5. The van der Waals surface area contributed by atoms with Gasteiger partial charge in [-0.3, -0.25) is 9.79 Å². The molecule has 0 radical (unpaired) electrons. The molecule has 0 unspecified atom stereocenters. The van der Waals surface area contributed by atoms with Gasteiger partial charge in [0.25, 0.3) is 5.91 Å². The second-order valence-electron chi connectivity index (χ2n) is 10.1. The number of amides is 1. The molecule has 3 N–H and O–H groups in total. The van der Waals surface area contributed by atoms with Gasteiger partial charge in [-0.1, -0.05) is 62.6 Å². The Labute approximate surface area is 231 Å². The Balaban J connectivity index is 0.00000190. The Bertz CT molecular complexity index is 1280. The first-order chi connectivity index (χ1) is 17.0. The van der Waals surface area contributed by atoms with E-state index in [4.69, 9.17) is 9.98 Å². The van der Waals surface area contributed by atoms with Crippen LogP contribution in [0, 0.1) is 12.8 Å². The van der Waals surface area contributed by atoms with Crippen LogP contribution >= 0.6 is 24.8 Å². The molecule has 9 heteroatoms. The zero-order valence-electron chi connectivity index (χ0n) is 21.6. The predicted molar refractivity (Wildman–Crippen MR) is 155 cm³/mol. The number of amidine groups is 1. The first-order valence-electron chi connectivity index (χ1n) is 12.7. The number of nitrogens with one attached hydrogen (secondary N) is 3. The summed E-state index contributed by atoms with van der Waals surface area (Å²) in [5.74, 6) is 2.04. The summed E-state index contributed by atoms with van der Waals surface area (Å²) in [6.45, 7) is 7.53. The molecule has 198 valence electrons. The molecule has 1 amide bonds. The van der Waals surface area contributed by atoms with Gasteiger partial charge >= 0.3 is 0 Å². The predicted octanol–water partition coefficient (Wildman–Crippen LogP) is 5.44. The van der Waals surface area contributed by atoms with E-state index < -0.39 is 0 Å². The summed E-state index contributed by atoms with van der Waals surface area (Å²) in [7, 11) is 0. The van der Waals surface area contributed by atoms with E-state index in [0.29, 0.717) is 12.5 Å². The number of aryl methyl sites for hydroxylation is 1. The quantitative estimate of drug-likeness (QED) is 0.385. The molecule has 2 aliphatic rings. The van der Waals surface area contributed by atoms with Gasteiger partial charge in [-0.25, -0.2) is 9.97 Å². The molecule has 1 aliphatic heterocycles. The van der Waals surface area contributed by atoms with Gasteiger partial charge in [0.1, 0.15) is 11.7 Å². The van der Waals surface area contributed by atoms with Crippen molar-refractivity contribution in [2.24, 2.45) is 10.9 Å². The van der Waals surface area contributed by atoms with Crippen LogP contribution in [-0.2, 0) is 6.54 Å². The van der Waals surface area contributed by atoms with Crippen molar-refractivity contribution in [3.05, 3.63) is 65.0 Å². The van der Waals surface area contributed by atoms with Crippen LogP contribution in [0.1, 0.15) is 66.8 Å². The summed E-state index contributed by atoms with van der Waals surface area (Å²) >= 11 is 0. The Morgan fingerprint density at radius 1 is 1.00 bits per heavy atom. The van der Waals surface area contributed by atoms with Crippen LogP contribution in [0.4, 0.5) is 5.82 Å². The van der Waals surface area contributed by atoms with Crippen molar-refractivity contribution in [3.8, 4) is 0 Å². The van der Waals surface area contributed by atoms with Crippen LogP contribution in [0.5, 0.6) is 0 Å². The summed E-state index contributed by atoms with van der Waals surface area (Å²) in [4.78, 5) is 26.9. The van der Waals surface area contributed by atoms with E-state index in [1.54, 1.807) is 0 Å². The van der Waals surface area contributed by atoms with Crippen LogP contribution in [-0.4, -0.2) is 40.3 Å². The molecule has 5 rings (SSSR count). The lowest BCUT2D eigenvalue weighted by Gasteiger charge is -2.34. The van der Waals surface area contributed by atoms with E-state index in [2.05, 4.69) is 72.0 Å². The summed E-state index contributed by atoms with van der Waals surface area (Å²) in [5, 5.41) is 11.3. The highest BCUT2D eigenvalue weighted by Crippen LogP contribution is 2.28. The van der Waals surface area contributed by atoms with Crippen LogP contribution in [0.3, 0.4) is 0 Å². The highest BCUT2D eigenvalue weighted by Gasteiger charge is 2.29. The maximum absolute atomic E-state index is 12.8. The molecule has 0 spiro atoms. The molecule has 1 aliphatic carbocycles. The molecular weight excluding hydrogens is 507 g/mol. The molecular formula is C28H36Cl2N6O. The number of carbonyl (C=O) groups is 1. The third-order valence-corrected chi connectivity index (χ3v) is 6.82. The average molecular weight is 544 g/mol. The van der Waals surface area contributed by atoms with Gasteiger partial charge in [-0.15, -0.1) is 24.8 Å². The number of rotatable bonds is 6. The fourth-order valence-electron chi connectivity index (χ4n) is 4.92. The van der Waals surface area contributed by atoms with Gasteiger partial charge in [0, 0.05) is 29.6 Å². The first kappa shape index (κ1) is 28.7. The number of aliphatic imine (C=N–C) groups is 1.